The highest BCUT2D eigenvalue weighted by Crippen LogP contribution is 2.62. The fourth-order valence-electron chi connectivity index (χ4n) is 10.6. The molecule has 4 rings (SSSR count). The molecule has 264 valence electrons. The first-order chi connectivity index (χ1) is 21.6. The Bertz CT molecular complexity index is 1080. The van der Waals surface area contributed by atoms with Crippen molar-refractivity contribution < 1.29 is 18.7 Å². The highest BCUT2D eigenvalue weighted by atomic mass is 28.4. The van der Waals surface area contributed by atoms with Gasteiger partial charge in [-0.1, -0.05) is 72.8 Å². The van der Waals surface area contributed by atoms with E-state index in [2.05, 4.69) is 67.5 Å². The lowest BCUT2D eigenvalue weighted by Gasteiger charge is -2.47. The minimum Gasteiger partial charge on any atom is -0.413 e. The fourth-order valence-corrected chi connectivity index (χ4v) is 16.3. The van der Waals surface area contributed by atoms with Gasteiger partial charge in [0, 0.05) is 6.42 Å². The molecule has 1 saturated heterocycles. The summed E-state index contributed by atoms with van der Waals surface area (Å²) in [5, 5.41) is 10.5. The van der Waals surface area contributed by atoms with E-state index < -0.39 is 22.2 Å². The van der Waals surface area contributed by atoms with Crippen molar-refractivity contribution in [2.24, 2.45) is 23.2 Å². The molecular weight excluding hydrogens is 601 g/mol. The van der Waals surface area contributed by atoms with Crippen LogP contribution >= 0.6 is 0 Å². The van der Waals surface area contributed by atoms with Gasteiger partial charge in [0.15, 0.2) is 16.6 Å². The van der Waals surface area contributed by atoms with E-state index in [0.29, 0.717) is 17.8 Å². The van der Waals surface area contributed by atoms with Crippen LogP contribution in [0.15, 0.2) is 35.5 Å². The third-order valence-electron chi connectivity index (χ3n) is 13.7. The molecule has 1 aliphatic heterocycles. The third kappa shape index (κ3) is 8.10. The van der Waals surface area contributed by atoms with Gasteiger partial charge in [0.1, 0.15) is 0 Å². The van der Waals surface area contributed by atoms with Crippen molar-refractivity contribution in [2.45, 2.75) is 187 Å². The number of rotatable bonds is 14. The first-order valence-corrected chi connectivity index (χ1v) is 24.5. The third-order valence-corrected chi connectivity index (χ3v) is 23.1. The summed E-state index contributed by atoms with van der Waals surface area (Å²) in [5.41, 5.74) is 3.78. The van der Waals surface area contributed by atoms with Crippen molar-refractivity contribution >= 4 is 16.6 Å². The first-order valence-electron chi connectivity index (χ1n) is 19.5. The maximum atomic E-state index is 10.5. The van der Waals surface area contributed by atoms with Gasteiger partial charge in [0.2, 0.25) is 0 Å². The molecule has 7 atom stereocenters. The number of hydrogen-bond donors (Lipinski definition) is 1. The summed E-state index contributed by atoms with van der Waals surface area (Å²) in [4.78, 5) is 0. The molecule has 3 aliphatic carbocycles. The van der Waals surface area contributed by atoms with Gasteiger partial charge in [0.25, 0.3) is 0 Å². The van der Waals surface area contributed by atoms with Gasteiger partial charge in [-0.05, 0) is 143 Å². The molecule has 1 N–H and O–H groups in total. The van der Waals surface area contributed by atoms with Crippen molar-refractivity contribution in [3.05, 3.63) is 35.5 Å². The van der Waals surface area contributed by atoms with E-state index in [0.717, 1.165) is 32.3 Å². The average Bonchev–Trinajstić information content (AvgIpc) is 3.58. The molecule has 0 aromatic carbocycles. The summed E-state index contributed by atoms with van der Waals surface area (Å²) in [6, 6.07) is 7.06. The quantitative estimate of drug-likeness (QED) is 0.187. The van der Waals surface area contributed by atoms with Gasteiger partial charge >= 0.3 is 0 Å². The SMILES string of the molecule is C=C1/C(=C/C=C2\CCC[C@@]3(C)[C@H]2CC[C@@H]3[C@]2(C)C[C@@H](CC(C)(C)O)CO2)CC(O[Si](CC)(CC)CC)C[C@@H]1O[Si](CC)(CC)CC. The number of hydrogen-bond acceptors (Lipinski definition) is 4. The maximum Gasteiger partial charge on any atom is 0.192 e. The van der Waals surface area contributed by atoms with Gasteiger partial charge in [-0.2, -0.15) is 0 Å². The summed E-state index contributed by atoms with van der Waals surface area (Å²) in [5.74, 6) is 1.63. The van der Waals surface area contributed by atoms with Gasteiger partial charge in [0.05, 0.1) is 30.0 Å². The van der Waals surface area contributed by atoms with E-state index in [1.165, 1.54) is 79.5 Å². The van der Waals surface area contributed by atoms with Gasteiger partial charge in [-0.15, -0.1) is 0 Å². The zero-order valence-electron chi connectivity index (χ0n) is 31.7. The molecule has 1 unspecified atom stereocenters. The topological polar surface area (TPSA) is 47.9 Å². The molecule has 0 aromatic rings. The summed E-state index contributed by atoms with van der Waals surface area (Å²) in [6.45, 7) is 28.4. The summed E-state index contributed by atoms with van der Waals surface area (Å²) in [6.07, 6.45) is 15.4. The van der Waals surface area contributed by atoms with Crippen LogP contribution in [-0.2, 0) is 13.6 Å². The molecule has 0 bridgehead atoms. The summed E-state index contributed by atoms with van der Waals surface area (Å²) >= 11 is 0. The molecular formula is C40H72O4Si2. The predicted octanol–water partition coefficient (Wildman–Crippen LogP) is 11.1. The molecule has 0 aromatic heterocycles. The van der Waals surface area contributed by atoms with Gasteiger partial charge in [-0.25, -0.2) is 0 Å². The Hall–Kier alpha value is -0.506. The number of fused-ring (bicyclic) bond motifs is 1. The fraction of sp³-hybridized carbons (Fsp3) is 0.850. The second kappa shape index (κ2) is 15.2. The van der Waals surface area contributed by atoms with Crippen LogP contribution in [0.3, 0.4) is 0 Å². The molecule has 1 heterocycles. The zero-order chi connectivity index (χ0) is 34.0. The minimum atomic E-state index is -1.79. The Balaban J connectivity index is 1.59. The van der Waals surface area contributed by atoms with E-state index in [-0.39, 0.29) is 23.2 Å². The van der Waals surface area contributed by atoms with Crippen LogP contribution in [0, 0.1) is 23.2 Å². The van der Waals surface area contributed by atoms with Crippen LogP contribution in [0.1, 0.15) is 127 Å². The molecule has 3 saturated carbocycles. The molecule has 4 nitrogen and oxygen atoms in total. The molecule has 0 radical (unpaired) electrons. The number of aliphatic hydroxyl groups is 1. The number of ether oxygens (including phenoxy) is 1. The monoisotopic (exact) mass is 672 g/mol. The van der Waals surface area contributed by atoms with Gasteiger partial charge < -0.3 is 18.7 Å². The predicted molar refractivity (Wildman–Crippen MR) is 200 cm³/mol. The van der Waals surface area contributed by atoms with Crippen molar-refractivity contribution in [3.8, 4) is 0 Å². The van der Waals surface area contributed by atoms with E-state index >= 15 is 0 Å². The van der Waals surface area contributed by atoms with Crippen LogP contribution in [0.5, 0.6) is 0 Å². The van der Waals surface area contributed by atoms with E-state index in [4.69, 9.17) is 20.2 Å². The largest absolute Gasteiger partial charge is 0.413 e. The summed E-state index contributed by atoms with van der Waals surface area (Å²) in [7, 11) is -3.53. The minimum absolute atomic E-state index is 0.0796. The smallest absolute Gasteiger partial charge is 0.192 e. The van der Waals surface area contributed by atoms with Crippen molar-refractivity contribution in [1.29, 1.82) is 0 Å². The van der Waals surface area contributed by atoms with Crippen molar-refractivity contribution in [2.75, 3.05) is 6.61 Å². The molecule has 46 heavy (non-hydrogen) atoms. The normalized spacial score (nSPS) is 36.2. The van der Waals surface area contributed by atoms with Crippen LogP contribution in [0.25, 0.3) is 0 Å². The highest BCUT2D eigenvalue weighted by molar-refractivity contribution is 6.74. The zero-order valence-corrected chi connectivity index (χ0v) is 33.7. The molecule has 4 fully saturated rings. The Morgan fingerprint density at radius 3 is 2.13 bits per heavy atom. The molecule has 0 amide bonds. The molecule has 4 aliphatic rings. The highest BCUT2D eigenvalue weighted by Gasteiger charge is 2.58. The number of allylic oxidation sites excluding steroid dienone is 3. The first kappa shape index (κ1) is 38.3. The van der Waals surface area contributed by atoms with Crippen LogP contribution in [-0.4, -0.2) is 51.8 Å². The molecule has 0 spiro atoms. The van der Waals surface area contributed by atoms with Gasteiger partial charge in [-0.3, -0.25) is 0 Å². The van der Waals surface area contributed by atoms with Crippen molar-refractivity contribution in [3.63, 3.8) is 0 Å². The Morgan fingerprint density at radius 1 is 0.935 bits per heavy atom. The average molecular weight is 673 g/mol. The van der Waals surface area contributed by atoms with Crippen LogP contribution in [0.4, 0.5) is 0 Å². The lowest BCUT2D eigenvalue weighted by molar-refractivity contribution is -0.0753. The van der Waals surface area contributed by atoms with Crippen molar-refractivity contribution in [1.82, 2.24) is 0 Å². The van der Waals surface area contributed by atoms with E-state index in [9.17, 15) is 5.11 Å². The summed E-state index contributed by atoms with van der Waals surface area (Å²) < 4.78 is 21.1. The standard InChI is InChI=1S/C40H72O4Si2/c1-12-45(13-2,14-3)43-34-25-33(30(7)36(26-34)44-46(15-4,16-5)17-6)21-20-32-19-18-24-39(10)35(32)22-23-37(39)40(11)28-31(29-42-40)27-38(8,9)41/h20-21,31,34-37,41H,7,12-19,22-29H2,1-6,8-11H3/b32-20+,33-21+/t31-,34?,35+,36+,37+,39+,40+/m1/s1. The maximum absolute atomic E-state index is 10.5. The molecule has 6 heteroatoms. The van der Waals surface area contributed by atoms with Crippen LogP contribution < -0.4 is 0 Å². The second-order valence-electron chi connectivity index (χ2n) is 17.0. The Kier molecular flexibility index (Phi) is 12.6. The lowest BCUT2D eigenvalue weighted by Crippen LogP contribution is -2.46. The second-order valence-corrected chi connectivity index (χ2v) is 26.4. The van der Waals surface area contributed by atoms with E-state index in [1.807, 2.05) is 13.8 Å². The van der Waals surface area contributed by atoms with Crippen LogP contribution in [0.2, 0.25) is 36.3 Å². The van der Waals surface area contributed by atoms with E-state index in [1.54, 1.807) is 5.57 Å². The Labute approximate surface area is 286 Å². The lowest BCUT2D eigenvalue weighted by atomic mass is 9.59. The Morgan fingerprint density at radius 2 is 1.54 bits per heavy atom.